The van der Waals surface area contributed by atoms with E-state index in [1.807, 2.05) is 0 Å². The van der Waals surface area contributed by atoms with Crippen LogP contribution < -0.4 is 0 Å². The van der Waals surface area contributed by atoms with Gasteiger partial charge < -0.3 is 4.74 Å². The van der Waals surface area contributed by atoms with E-state index in [0.717, 1.165) is 19.3 Å². The smallest absolute Gasteiger partial charge is 0.309 e. The van der Waals surface area contributed by atoms with E-state index in [4.69, 9.17) is 4.74 Å². The lowest BCUT2D eigenvalue weighted by atomic mass is 9.83. The maximum atomic E-state index is 11.4. The first-order valence-corrected chi connectivity index (χ1v) is 6.12. The highest BCUT2D eigenvalue weighted by atomic mass is 16.5. The van der Waals surface area contributed by atoms with Crippen molar-refractivity contribution in [3.8, 4) is 0 Å². The fourth-order valence-electron chi connectivity index (χ4n) is 2.54. The van der Waals surface area contributed by atoms with Crippen molar-refractivity contribution < 1.29 is 9.53 Å². The molecular formula is C15H18O2. The summed E-state index contributed by atoms with van der Waals surface area (Å²) in [5.41, 5.74) is 5.30. The number of benzene rings is 1. The quantitative estimate of drug-likeness (QED) is 0.744. The number of carbonyl (C=O) groups is 1. The third-order valence-electron chi connectivity index (χ3n) is 3.40. The normalized spacial score (nSPS) is 14.5. The molecular weight excluding hydrogens is 212 g/mol. The van der Waals surface area contributed by atoms with Gasteiger partial charge in [0.15, 0.2) is 0 Å². The average Bonchev–Trinajstić information content (AvgIpc) is 2.38. The molecule has 1 aliphatic carbocycles. The number of hydrogen-bond acceptors (Lipinski definition) is 2. The SMILES string of the molecule is CCC1=C(CC(=O)OC)CCc2ccccc21. The minimum atomic E-state index is -0.134. The van der Waals surface area contributed by atoms with Crippen LogP contribution in [0.25, 0.3) is 5.57 Å². The van der Waals surface area contributed by atoms with Crippen LogP contribution >= 0.6 is 0 Å². The summed E-state index contributed by atoms with van der Waals surface area (Å²) in [5.74, 6) is -0.134. The van der Waals surface area contributed by atoms with Gasteiger partial charge in [-0.2, -0.15) is 0 Å². The van der Waals surface area contributed by atoms with Crippen LogP contribution in [0.1, 0.15) is 37.3 Å². The second kappa shape index (κ2) is 5.17. The first kappa shape index (κ1) is 11.9. The molecule has 1 aliphatic rings. The fraction of sp³-hybridized carbons (Fsp3) is 0.400. The van der Waals surface area contributed by atoms with Crippen LogP contribution in [0, 0.1) is 0 Å². The number of allylic oxidation sites excluding steroid dienone is 1. The number of methoxy groups -OCH3 is 1. The second-order valence-corrected chi connectivity index (χ2v) is 4.35. The van der Waals surface area contributed by atoms with E-state index < -0.39 is 0 Å². The maximum Gasteiger partial charge on any atom is 0.309 e. The summed E-state index contributed by atoms with van der Waals surface area (Å²) in [5, 5.41) is 0. The molecule has 2 heteroatoms. The minimum Gasteiger partial charge on any atom is -0.469 e. The summed E-state index contributed by atoms with van der Waals surface area (Å²) in [6.45, 7) is 2.15. The Labute approximate surface area is 102 Å². The van der Waals surface area contributed by atoms with Gasteiger partial charge >= 0.3 is 5.97 Å². The lowest BCUT2D eigenvalue weighted by Crippen LogP contribution is -2.09. The molecule has 0 bridgehead atoms. The first-order chi connectivity index (χ1) is 8.26. The highest BCUT2D eigenvalue weighted by Crippen LogP contribution is 2.34. The Hall–Kier alpha value is -1.57. The number of esters is 1. The van der Waals surface area contributed by atoms with Crippen molar-refractivity contribution in [1.29, 1.82) is 0 Å². The molecule has 0 atom stereocenters. The lowest BCUT2D eigenvalue weighted by molar-refractivity contribution is -0.139. The Morgan fingerprint density at radius 2 is 2.06 bits per heavy atom. The molecule has 0 saturated heterocycles. The largest absolute Gasteiger partial charge is 0.469 e. The van der Waals surface area contributed by atoms with E-state index in [1.165, 1.54) is 29.4 Å². The Kier molecular flexibility index (Phi) is 3.62. The molecule has 90 valence electrons. The van der Waals surface area contributed by atoms with Gasteiger partial charge in [-0.3, -0.25) is 4.79 Å². The Bertz CT molecular complexity index is 458. The van der Waals surface area contributed by atoms with Crippen molar-refractivity contribution in [2.75, 3.05) is 7.11 Å². The van der Waals surface area contributed by atoms with E-state index in [1.54, 1.807) is 0 Å². The number of hydrogen-bond donors (Lipinski definition) is 0. The highest BCUT2D eigenvalue weighted by molar-refractivity contribution is 5.80. The predicted molar refractivity (Wildman–Crippen MR) is 68.6 cm³/mol. The van der Waals surface area contributed by atoms with E-state index in [2.05, 4.69) is 31.2 Å². The number of aryl methyl sites for hydroxylation is 1. The third kappa shape index (κ3) is 2.41. The van der Waals surface area contributed by atoms with Gasteiger partial charge in [0.25, 0.3) is 0 Å². The molecule has 17 heavy (non-hydrogen) atoms. The van der Waals surface area contributed by atoms with Crippen LogP contribution in [0.2, 0.25) is 0 Å². The maximum absolute atomic E-state index is 11.4. The van der Waals surface area contributed by atoms with Crippen molar-refractivity contribution >= 4 is 11.5 Å². The lowest BCUT2D eigenvalue weighted by Gasteiger charge is -2.22. The Morgan fingerprint density at radius 1 is 1.29 bits per heavy atom. The molecule has 0 fully saturated rings. The van der Waals surface area contributed by atoms with Gasteiger partial charge in [0.1, 0.15) is 0 Å². The molecule has 0 saturated carbocycles. The molecule has 2 nitrogen and oxygen atoms in total. The van der Waals surface area contributed by atoms with E-state index in [-0.39, 0.29) is 5.97 Å². The van der Waals surface area contributed by atoms with E-state index >= 15 is 0 Å². The van der Waals surface area contributed by atoms with Gasteiger partial charge in [0.05, 0.1) is 13.5 Å². The van der Waals surface area contributed by atoms with Gasteiger partial charge in [-0.15, -0.1) is 0 Å². The van der Waals surface area contributed by atoms with Crippen LogP contribution in [-0.2, 0) is 16.0 Å². The van der Waals surface area contributed by atoms with Crippen molar-refractivity contribution in [2.24, 2.45) is 0 Å². The molecule has 0 amide bonds. The van der Waals surface area contributed by atoms with Crippen LogP contribution in [0.15, 0.2) is 29.8 Å². The summed E-state index contributed by atoms with van der Waals surface area (Å²) in [4.78, 5) is 11.4. The summed E-state index contributed by atoms with van der Waals surface area (Å²) >= 11 is 0. The molecule has 1 aromatic carbocycles. The van der Waals surface area contributed by atoms with Crippen molar-refractivity contribution in [2.45, 2.75) is 32.6 Å². The minimum absolute atomic E-state index is 0.134. The molecule has 2 rings (SSSR count). The summed E-state index contributed by atoms with van der Waals surface area (Å²) in [6.07, 6.45) is 3.43. The molecule has 0 radical (unpaired) electrons. The van der Waals surface area contributed by atoms with Gasteiger partial charge in [0, 0.05) is 0 Å². The van der Waals surface area contributed by atoms with Gasteiger partial charge in [-0.25, -0.2) is 0 Å². The van der Waals surface area contributed by atoms with Crippen LogP contribution in [0.5, 0.6) is 0 Å². The van der Waals surface area contributed by atoms with Crippen LogP contribution in [-0.4, -0.2) is 13.1 Å². The number of fused-ring (bicyclic) bond motifs is 1. The average molecular weight is 230 g/mol. The highest BCUT2D eigenvalue weighted by Gasteiger charge is 2.19. The Morgan fingerprint density at radius 3 is 2.76 bits per heavy atom. The third-order valence-corrected chi connectivity index (χ3v) is 3.40. The molecule has 0 aromatic heterocycles. The second-order valence-electron chi connectivity index (χ2n) is 4.35. The zero-order valence-electron chi connectivity index (χ0n) is 10.5. The van der Waals surface area contributed by atoms with Gasteiger partial charge in [0.2, 0.25) is 0 Å². The summed E-state index contributed by atoms with van der Waals surface area (Å²) in [7, 11) is 1.45. The van der Waals surface area contributed by atoms with Crippen molar-refractivity contribution in [3.63, 3.8) is 0 Å². The van der Waals surface area contributed by atoms with E-state index in [9.17, 15) is 4.79 Å². The number of carbonyl (C=O) groups excluding carboxylic acids is 1. The molecule has 0 aliphatic heterocycles. The van der Waals surface area contributed by atoms with Crippen molar-refractivity contribution in [1.82, 2.24) is 0 Å². The first-order valence-electron chi connectivity index (χ1n) is 6.12. The van der Waals surface area contributed by atoms with Crippen LogP contribution in [0.4, 0.5) is 0 Å². The van der Waals surface area contributed by atoms with Crippen molar-refractivity contribution in [3.05, 3.63) is 41.0 Å². The number of ether oxygens (including phenoxy) is 1. The topological polar surface area (TPSA) is 26.3 Å². The number of rotatable bonds is 3. The standard InChI is InChI=1S/C15H18O2/c1-3-13-12(10-15(16)17-2)9-8-11-6-4-5-7-14(11)13/h4-7H,3,8-10H2,1-2H3. The van der Waals surface area contributed by atoms with Crippen LogP contribution in [0.3, 0.4) is 0 Å². The van der Waals surface area contributed by atoms with Gasteiger partial charge in [-0.05, 0) is 36.0 Å². The monoisotopic (exact) mass is 230 g/mol. The summed E-state index contributed by atoms with van der Waals surface area (Å²) < 4.78 is 4.76. The molecule has 1 aromatic rings. The zero-order chi connectivity index (χ0) is 12.3. The summed E-state index contributed by atoms with van der Waals surface area (Å²) in [6, 6.07) is 8.48. The molecule has 0 unspecified atom stereocenters. The molecule has 0 spiro atoms. The van der Waals surface area contributed by atoms with Gasteiger partial charge in [-0.1, -0.05) is 36.8 Å². The predicted octanol–water partition coefficient (Wildman–Crippen LogP) is 3.36. The fourth-order valence-corrected chi connectivity index (χ4v) is 2.54. The zero-order valence-corrected chi connectivity index (χ0v) is 10.5. The molecule has 0 heterocycles. The van der Waals surface area contributed by atoms with E-state index in [0.29, 0.717) is 6.42 Å². The Balaban J connectivity index is 2.37. The molecule has 0 N–H and O–H groups in total.